The third-order valence-electron chi connectivity index (χ3n) is 14.5. The van der Waals surface area contributed by atoms with Crippen molar-refractivity contribution in [2.75, 3.05) is 4.90 Å². The zero-order valence-corrected chi connectivity index (χ0v) is 35.9. The lowest BCUT2D eigenvalue weighted by Crippen LogP contribution is -2.17. The van der Waals surface area contributed by atoms with Crippen LogP contribution in [0.4, 0.5) is 17.1 Å². The second kappa shape index (κ2) is 13.0. The summed E-state index contributed by atoms with van der Waals surface area (Å²) < 4.78 is 4.91. The summed E-state index contributed by atoms with van der Waals surface area (Å²) in [6.07, 6.45) is 0. The number of nitrogens with zero attached hydrogens (tertiary/aromatic N) is 3. The van der Waals surface area contributed by atoms with Crippen molar-refractivity contribution in [2.24, 2.45) is 0 Å². The lowest BCUT2D eigenvalue weighted by molar-refractivity contribution is 0.660. The first kappa shape index (κ1) is 36.1. The van der Waals surface area contributed by atoms with E-state index in [2.05, 4.69) is 242 Å². The third kappa shape index (κ3) is 4.96. The number of fused-ring (bicyclic) bond motifs is 13. The maximum absolute atomic E-state index is 2.52. The van der Waals surface area contributed by atoms with E-state index in [0.717, 1.165) is 28.4 Å². The molecule has 0 N–H and O–H groups in total. The van der Waals surface area contributed by atoms with Crippen molar-refractivity contribution in [1.82, 2.24) is 9.13 Å². The Morgan fingerprint density at radius 1 is 0.333 bits per heavy atom. The summed E-state index contributed by atoms with van der Waals surface area (Å²) >= 11 is 0. The molecule has 63 heavy (non-hydrogen) atoms. The van der Waals surface area contributed by atoms with Crippen LogP contribution >= 0.6 is 0 Å². The Labute approximate surface area is 367 Å². The molecule has 0 spiro atoms. The first-order valence-electron chi connectivity index (χ1n) is 22.2. The Kier molecular flexibility index (Phi) is 7.42. The predicted molar refractivity (Wildman–Crippen MR) is 265 cm³/mol. The van der Waals surface area contributed by atoms with Crippen LogP contribution in [-0.2, 0) is 10.8 Å². The largest absolute Gasteiger partial charge is 0.310 e. The Balaban J connectivity index is 1.02. The molecular formula is C60H45N3. The van der Waals surface area contributed by atoms with Crippen LogP contribution in [0.2, 0.25) is 0 Å². The van der Waals surface area contributed by atoms with Gasteiger partial charge < -0.3 is 14.0 Å². The fourth-order valence-corrected chi connectivity index (χ4v) is 11.6. The molecule has 0 radical (unpaired) electrons. The number of aromatic nitrogens is 2. The smallest absolute Gasteiger partial charge is 0.0588 e. The van der Waals surface area contributed by atoms with Gasteiger partial charge in [0.1, 0.15) is 0 Å². The Bertz CT molecular complexity index is 3670. The fourth-order valence-electron chi connectivity index (χ4n) is 11.6. The van der Waals surface area contributed by atoms with Gasteiger partial charge in [0, 0.05) is 60.8 Å². The number of benzene rings is 9. The molecule has 11 aromatic rings. The molecule has 0 amide bonds. The van der Waals surface area contributed by atoms with Crippen molar-refractivity contribution in [3.8, 4) is 33.6 Å². The molecule has 0 fully saturated rings. The lowest BCUT2D eigenvalue weighted by Gasteiger charge is -2.28. The van der Waals surface area contributed by atoms with Crippen LogP contribution in [0, 0.1) is 0 Å². The number of hydrogen-bond acceptors (Lipinski definition) is 1. The SMILES string of the molecule is CC1(C)c2ccccc2-c2ccc(N(c3ccc(-n4c5ccccc5c5ccc6c(c54)C(C)(C)c4ccccc4-6)cc3)c3ccc4c(c3)c3ccccc3n4-c3ccccc3)cc21. The van der Waals surface area contributed by atoms with Gasteiger partial charge in [-0.15, -0.1) is 0 Å². The van der Waals surface area contributed by atoms with Crippen LogP contribution in [0.15, 0.2) is 200 Å². The van der Waals surface area contributed by atoms with Crippen molar-refractivity contribution < 1.29 is 0 Å². The summed E-state index contributed by atoms with van der Waals surface area (Å²) in [5, 5.41) is 5.03. The van der Waals surface area contributed by atoms with E-state index in [1.165, 1.54) is 88.1 Å². The Hall–Kier alpha value is -7.62. The second-order valence-electron chi connectivity index (χ2n) is 18.5. The number of rotatable bonds is 5. The van der Waals surface area contributed by atoms with Crippen molar-refractivity contribution in [1.29, 1.82) is 0 Å². The monoisotopic (exact) mass is 807 g/mol. The highest BCUT2D eigenvalue weighted by atomic mass is 15.1. The predicted octanol–water partition coefficient (Wildman–Crippen LogP) is 16.0. The minimum atomic E-state index is -0.155. The van der Waals surface area contributed by atoms with Gasteiger partial charge in [0.15, 0.2) is 0 Å². The molecule has 0 unspecified atom stereocenters. The van der Waals surface area contributed by atoms with E-state index in [4.69, 9.17) is 0 Å². The van der Waals surface area contributed by atoms with Crippen molar-refractivity contribution in [2.45, 2.75) is 38.5 Å². The lowest BCUT2D eigenvalue weighted by atomic mass is 9.81. The van der Waals surface area contributed by atoms with Gasteiger partial charge in [0.25, 0.3) is 0 Å². The Morgan fingerprint density at radius 3 is 1.59 bits per heavy atom. The molecule has 0 bridgehead atoms. The van der Waals surface area contributed by atoms with Crippen molar-refractivity contribution >= 4 is 60.7 Å². The molecule has 0 saturated heterocycles. The molecule has 3 heteroatoms. The number of hydrogen-bond donors (Lipinski definition) is 0. The van der Waals surface area contributed by atoms with Gasteiger partial charge in [-0.05, 0) is 123 Å². The number of para-hydroxylation sites is 3. The molecule has 0 atom stereocenters. The van der Waals surface area contributed by atoms with Gasteiger partial charge in [0.2, 0.25) is 0 Å². The van der Waals surface area contributed by atoms with E-state index in [1.807, 2.05) is 0 Å². The van der Waals surface area contributed by atoms with Gasteiger partial charge >= 0.3 is 0 Å². The first-order valence-corrected chi connectivity index (χ1v) is 22.2. The fraction of sp³-hybridized carbons (Fsp3) is 0.100. The van der Waals surface area contributed by atoms with Gasteiger partial charge in [0.05, 0.1) is 22.1 Å². The highest BCUT2D eigenvalue weighted by Gasteiger charge is 2.39. The average Bonchev–Trinajstić information content (AvgIpc) is 3.98. The molecule has 3 nitrogen and oxygen atoms in total. The van der Waals surface area contributed by atoms with Gasteiger partial charge in [-0.1, -0.05) is 149 Å². The summed E-state index contributed by atoms with van der Waals surface area (Å²) in [5.74, 6) is 0. The molecule has 300 valence electrons. The highest BCUT2D eigenvalue weighted by molar-refractivity contribution is 6.13. The molecule has 2 aromatic heterocycles. The quantitative estimate of drug-likeness (QED) is 0.169. The number of anilines is 3. The minimum absolute atomic E-state index is 0.130. The molecule has 9 aromatic carbocycles. The zero-order chi connectivity index (χ0) is 42.2. The van der Waals surface area contributed by atoms with Crippen LogP contribution in [-0.4, -0.2) is 9.13 Å². The average molecular weight is 808 g/mol. The van der Waals surface area contributed by atoms with Crippen LogP contribution in [0.1, 0.15) is 49.9 Å². The standard InChI is InChI=1S/C60H45N3/c1-59(2)51-22-12-8-18-43(51)45-32-30-42(37-53(45)59)61(41-31-35-56-50(36-41)47-21-11-14-24-54(47)62(56)38-16-6-5-7-17-38)39-26-28-40(29-27-39)63-55-25-15-10-20-46(55)49-34-33-48-44-19-9-13-23-52(44)60(3,4)57(48)58(49)63/h5-37H,1-4H3. The summed E-state index contributed by atoms with van der Waals surface area (Å²) in [6.45, 7) is 9.52. The van der Waals surface area contributed by atoms with Crippen LogP contribution < -0.4 is 4.90 Å². The van der Waals surface area contributed by atoms with Crippen LogP contribution in [0.3, 0.4) is 0 Å². The summed E-state index contributed by atoms with van der Waals surface area (Å²) in [4.78, 5) is 2.46. The molecular weight excluding hydrogens is 763 g/mol. The molecule has 0 saturated carbocycles. The molecule has 13 rings (SSSR count). The maximum atomic E-state index is 2.52. The zero-order valence-electron chi connectivity index (χ0n) is 35.9. The molecule has 2 aliphatic carbocycles. The first-order chi connectivity index (χ1) is 30.8. The Morgan fingerprint density at radius 2 is 0.841 bits per heavy atom. The summed E-state index contributed by atoms with van der Waals surface area (Å²) in [6, 6.07) is 74.4. The van der Waals surface area contributed by atoms with E-state index in [-0.39, 0.29) is 10.8 Å². The summed E-state index contributed by atoms with van der Waals surface area (Å²) in [7, 11) is 0. The highest BCUT2D eigenvalue weighted by Crippen LogP contribution is 2.54. The minimum Gasteiger partial charge on any atom is -0.310 e. The van der Waals surface area contributed by atoms with Gasteiger partial charge in [-0.3, -0.25) is 0 Å². The van der Waals surface area contributed by atoms with E-state index in [1.54, 1.807) is 0 Å². The molecule has 2 heterocycles. The maximum Gasteiger partial charge on any atom is 0.0588 e. The van der Waals surface area contributed by atoms with E-state index in [0.29, 0.717) is 0 Å². The van der Waals surface area contributed by atoms with E-state index < -0.39 is 0 Å². The van der Waals surface area contributed by atoms with E-state index >= 15 is 0 Å². The van der Waals surface area contributed by atoms with Gasteiger partial charge in [-0.25, -0.2) is 0 Å². The van der Waals surface area contributed by atoms with Crippen molar-refractivity contribution in [3.05, 3.63) is 222 Å². The molecule has 0 aliphatic heterocycles. The third-order valence-corrected chi connectivity index (χ3v) is 14.5. The second-order valence-corrected chi connectivity index (χ2v) is 18.5. The summed E-state index contributed by atoms with van der Waals surface area (Å²) in [5.41, 5.74) is 21.1. The van der Waals surface area contributed by atoms with E-state index in [9.17, 15) is 0 Å². The van der Waals surface area contributed by atoms with Crippen molar-refractivity contribution in [3.63, 3.8) is 0 Å². The molecule has 2 aliphatic rings. The van der Waals surface area contributed by atoms with Crippen LogP contribution in [0.5, 0.6) is 0 Å². The normalized spacial score (nSPS) is 14.3. The van der Waals surface area contributed by atoms with Gasteiger partial charge in [-0.2, -0.15) is 0 Å². The topological polar surface area (TPSA) is 13.1 Å². The van der Waals surface area contributed by atoms with Crippen LogP contribution in [0.25, 0.3) is 77.2 Å².